The molecule has 1 amide bonds. The number of benzene rings is 2. The maximum atomic E-state index is 12.1. The SMILES string of the molecule is NS(=O)(=O)c1cc(C(=O)Nc2ccc(Cl)cc2)ccc1Br. The van der Waals surface area contributed by atoms with E-state index in [9.17, 15) is 13.2 Å². The van der Waals surface area contributed by atoms with Crippen molar-refractivity contribution in [3.63, 3.8) is 0 Å². The number of hydrogen-bond acceptors (Lipinski definition) is 3. The van der Waals surface area contributed by atoms with E-state index in [0.29, 0.717) is 15.2 Å². The molecule has 2 aromatic rings. The van der Waals surface area contributed by atoms with Crippen LogP contribution in [0.3, 0.4) is 0 Å². The summed E-state index contributed by atoms with van der Waals surface area (Å²) < 4.78 is 23.2. The molecule has 5 nitrogen and oxygen atoms in total. The summed E-state index contributed by atoms with van der Waals surface area (Å²) in [6.45, 7) is 0. The molecule has 0 fully saturated rings. The monoisotopic (exact) mass is 388 g/mol. The van der Waals surface area contributed by atoms with Crippen LogP contribution < -0.4 is 10.5 Å². The van der Waals surface area contributed by atoms with Crippen molar-refractivity contribution >= 4 is 49.1 Å². The summed E-state index contributed by atoms with van der Waals surface area (Å²) in [5.41, 5.74) is 0.724. The van der Waals surface area contributed by atoms with E-state index in [2.05, 4.69) is 21.2 Å². The molecule has 2 rings (SSSR count). The van der Waals surface area contributed by atoms with Crippen molar-refractivity contribution in [2.45, 2.75) is 4.90 Å². The van der Waals surface area contributed by atoms with Gasteiger partial charge < -0.3 is 5.32 Å². The van der Waals surface area contributed by atoms with Crippen molar-refractivity contribution in [3.05, 3.63) is 57.5 Å². The van der Waals surface area contributed by atoms with Gasteiger partial charge in [0.25, 0.3) is 5.91 Å². The first-order valence-corrected chi connectivity index (χ1v) is 8.38. The number of carbonyl (C=O) groups excluding carboxylic acids is 1. The van der Waals surface area contributed by atoms with E-state index in [4.69, 9.17) is 16.7 Å². The Labute approximate surface area is 135 Å². The molecule has 0 radical (unpaired) electrons. The van der Waals surface area contributed by atoms with Crippen LogP contribution in [0.4, 0.5) is 5.69 Å². The van der Waals surface area contributed by atoms with E-state index in [1.54, 1.807) is 24.3 Å². The molecule has 0 saturated heterocycles. The lowest BCUT2D eigenvalue weighted by atomic mass is 10.2. The first-order valence-electron chi connectivity index (χ1n) is 5.66. The van der Waals surface area contributed by atoms with E-state index in [1.807, 2.05) is 0 Å². The van der Waals surface area contributed by atoms with Gasteiger partial charge in [-0.05, 0) is 58.4 Å². The highest BCUT2D eigenvalue weighted by Crippen LogP contribution is 2.23. The number of primary sulfonamides is 1. The third kappa shape index (κ3) is 4.04. The molecule has 3 N–H and O–H groups in total. The van der Waals surface area contributed by atoms with Crippen LogP contribution in [0.1, 0.15) is 10.4 Å². The smallest absolute Gasteiger partial charge is 0.255 e. The molecule has 0 bridgehead atoms. The predicted octanol–water partition coefficient (Wildman–Crippen LogP) is 3.00. The van der Waals surface area contributed by atoms with Crippen LogP contribution in [-0.4, -0.2) is 14.3 Å². The van der Waals surface area contributed by atoms with E-state index in [0.717, 1.165) is 0 Å². The Hall–Kier alpha value is -1.41. The Morgan fingerprint density at radius 3 is 2.33 bits per heavy atom. The van der Waals surface area contributed by atoms with Gasteiger partial charge in [-0.1, -0.05) is 11.6 Å². The molecule has 0 aromatic heterocycles. The quantitative estimate of drug-likeness (QED) is 0.845. The molecule has 8 heteroatoms. The fourth-order valence-electron chi connectivity index (χ4n) is 1.60. The number of sulfonamides is 1. The number of anilines is 1. The molecule has 0 atom stereocenters. The van der Waals surface area contributed by atoms with Crippen molar-refractivity contribution in [2.24, 2.45) is 5.14 Å². The number of amides is 1. The minimum Gasteiger partial charge on any atom is -0.322 e. The summed E-state index contributed by atoms with van der Waals surface area (Å²) in [4.78, 5) is 11.9. The Kier molecular flexibility index (Phi) is 4.67. The topological polar surface area (TPSA) is 89.3 Å². The number of halogens is 2. The average Bonchev–Trinajstić information content (AvgIpc) is 2.40. The normalized spacial score (nSPS) is 11.2. The summed E-state index contributed by atoms with van der Waals surface area (Å²) in [5.74, 6) is -0.449. The zero-order chi connectivity index (χ0) is 15.6. The van der Waals surface area contributed by atoms with Crippen LogP contribution in [0.2, 0.25) is 5.02 Å². The lowest BCUT2D eigenvalue weighted by molar-refractivity contribution is 0.102. The Morgan fingerprint density at radius 1 is 1.14 bits per heavy atom. The standard InChI is InChI=1S/C13H10BrClN2O3S/c14-11-6-1-8(7-12(11)21(16,19)20)13(18)17-10-4-2-9(15)3-5-10/h1-7H,(H,17,18)(H2,16,19,20). The molecule has 0 aliphatic heterocycles. The molecular formula is C13H10BrClN2O3S. The van der Waals surface area contributed by atoms with Gasteiger partial charge in [0.2, 0.25) is 10.0 Å². The molecule has 110 valence electrons. The minimum atomic E-state index is -3.91. The second kappa shape index (κ2) is 6.15. The third-order valence-corrected chi connectivity index (χ3v) is 4.76. The summed E-state index contributed by atoms with van der Waals surface area (Å²) in [5, 5.41) is 8.28. The first-order chi connectivity index (χ1) is 9.77. The van der Waals surface area contributed by atoms with Gasteiger partial charge in [-0.3, -0.25) is 4.79 Å². The van der Waals surface area contributed by atoms with Gasteiger partial charge in [-0.15, -0.1) is 0 Å². The van der Waals surface area contributed by atoms with Gasteiger partial charge >= 0.3 is 0 Å². The second-order valence-electron chi connectivity index (χ2n) is 4.15. The van der Waals surface area contributed by atoms with Crippen molar-refractivity contribution in [1.82, 2.24) is 0 Å². The maximum absolute atomic E-state index is 12.1. The van der Waals surface area contributed by atoms with Crippen molar-refractivity contribution in [1.29, 1.82) is 0 Å². The van der Waals surface area contributed by atoms with Gasteiger partial charge in [-0.25, -0.2) is 13.6 Å². The van der Waals surface area contributed by atoms with Crippen LogP contribution in [-0.2, 0) is 10.0 Å². The lowest BCUT2D eigenvalue weighted by Crippen LogP contribution is -2.16. The average molecular weight is 390 g/mol. The van der Waals surface area contributed by atoms with Crippen molar-refractivity contribution in [2.75, 3.05) is 5.32 Å². The number of rotatable bonds is 3. The fraction of sp³-hybridized carbons (Fsp3) is 0. The molecule has 0 spiro atoms. The van der Waals surface area contributed by atoms with Crippen molar-refractivity contribution in [3.8, 4) is 0 Å². The molecule has 0 heterocycles. The van der Waals surface area contributed by atoms with Gasteiger partial charge in [0, 0.05) is 20.7 Å². The van der Waals surface area contributed by atoms with Gasteiger partial charge in [0.15, 0.2) is 0 Å². The van der Waals surface area contributed by atoms with Crippen molar-refractivity contribution < 1.29 is 13.2 Å². The molecule has 0 aliphatic rings. The number of nitrogens with two attached hydrogens (primary N) is 1. The highest BCUT2D eigenvalue weighted by Gasteiger charge is 2.16. The van der Waals surface area contributed by atoms with Gasteiger partial charge in [-0.2, -0.15) is 0 Å². The molecule has 2 aromatic carbocycles. The second-order valence-corrected chi connectivity index (χ2v) is 6.97. The Morgan fingerprint density at radius 2 is 1.76 bits per heavy atom. The van der Waals surface area contributed by atoms with Crippen LogP contribution in [0.5, 0.6) is 0 Å². The fourth-order valence-corrected chi connectivity index (χ4v) is 3.28. The van der Waals surface area contributed by atoms with Crippen LogP contribution in [0, 0.1) is 0 Å². The molecule has 21 heavy (non-hydrogen) atoms. The zero-order valence-electron chi connectivity index (χ0n) is 10.5. The molecule has 0 unspecified atom stereocenters. The third-order valence-electron chi connectivity index (χ3n) is 2.60. The Bertz CT molecular complexity index is 792. The van der Waals surface area contributed by atoms with Gasteiger partial charge in [0.05, 0.1) is 4.90 Å². The number of nitrogens with one attached hydrogen (secondary N) is 1. The molecular weight excluding hydrogens is 380 g/mol. The van der Waals surface area contributed by atoms with Crippen LogP contribution >= 0.6 is 27.5 Å². The minimum absolute atomic E-state index is 0.147. The van der Waals surface area contributed by atoms with E-state index in [-0.39, 0.29) is 10.5 Å². The van der Waals surface area contributed by atoms with Crippen LogP contribution in [0.15, 0.2) is 51.8 Å². The van der Waals surface area contributed by atoms with Crippen LogP contribution in [0.25, 0.3) is 0 Å². The zero-order valence-corrected chi connectivity index (χ0v) is 13.7. The predicted molar refractivity (Wildman–Crippen MR) is 84.9 cm³/mol. The molecule has 0 saturated carbocycles. The summed E-state index contributed by atoms with van der Waals surface area (Å²) in [6, 6.07) is 10.7. The van der Waals surface area contributed by atoms with E-state index >= 15 is 0 Å². The first kappa shape index (κ1) is 16.0. The highest BCUT2D eigenvalue weighted by atomic mass is 79.9. The van der Waals surface area contributed by atoms with E-state index < -0.39 is 15.9 Å². The number of hydrogen-bond donors (Lipinski definition) is 2. The summed E-state index contributed by atoms with van der Waals surface area (Å²) in [7, 11) is -3.91. The maximum Gasteiger partial charge on any atom is 0.255 e. The largest absolute Gasteiger partial charge is 0.322 e. The van der Waals surface area contributed by atoms with Gasteiger partial charge in [0.1, 0.15) is 0 Å². The molecule has 0 aliphatic carbocycles. The lowest BCUT2D eigenvalue weighted by Gasteiger charge is -2.08. The number of carbonyl (C=O) groups is 1. The summed E-state index contributed by atoms with van der Waals surface area (Å²) in [6.07, 6.45) is 0. The Balaban J connectivity index is 2.30. The van der Waals surface area contributed by atoms with E-state index in [1.165, 1.54) is 18.2 Å². The summed E-state index contributed by atoms with van der Waals surface area (Å²) >= 11 is 8.84. The highest BCUT2D eigenvalue weighted by molar-refractivity contribution is 9.10.